The number of hydrogen-bond donors (Lipinski definition) is 1. The molecule has 2 rings (SSSR count). The van der Waals surface area contributed by atoms with Gasteiger partial charge in [-0.25, -0.2) is 4.39 Å². The second-order valence-corrected chi connectivity index (χ2v) is 5.42. The molecule has 0 saturated heterocycles. The molecule has 2 aromatic rings. The van der Waals surface area contributed by atoms with Crippen molar-refractivity contribution in [1.82, 2.24) is 0 Å². The Bertz CT molecular complexity index is 603. The van der Waals surface area contributed by atoms with Gasteiger partial charge in [0.2, 0.25) is 0 Å². The predicted octanol–water partition coefficient (Wildman–Crippen LogP) is 4.34. The summed E-state index contributed by atoms with van der Waals surface area (Å²) in [6, 6.07) is 12.5. The molecule has 0 fully saturated rings. The molecule has 0 bridgehead atoms. The van der Waals surface area contributed by atoms with Gasteiger partial charge in [0.1, 0.15) is 18.2 Å². The summed E-state index contributed by atoms with van der Waals surface area (Å²) in [4.78, 5) is 0. The Kier molecular flexibility index (Phi) is 5.59. The molecule has 1 atom stereocenters. The monoisotopic (exact) mass is 307 g/mol. The van der Waals surface area contributed by atoms with E-state index in [4.69, 9.17) is 22.1 Å². The van der Waals surface area contributed by atoms with E-state index in [1.165, 1.54) is 6.07 Å². The van der Waals surface area contributed by atoms with E-state index >= 15 is 0 Å². The lowest BCUT2D eigenvalue weighted by Gasteiger charge is -2.14. The van der Waals surface area contributed by atoms with Crippen molar-refractivity contribution in [2.24, 2.45) is 5.73 Å². The van der Waals surface area contributed by atoms with Crippen LogP contribution in [0.5, 0.6) is 5.75 Å². The van der Waals surface area contributed by atoms with Crippen LogP contribution in [0.2, 0.25) is 5.02 Å². The quantitative estimate of drug-likeness (QED) is 0.861. The highest BCUT2D eigenvalue weighted by Crippen LogP contribution is 2.22. The molecule has 112 valence electrons. The van der Waals surface area contributed by atoms with Crippen molar-refractivity contribution in [3.05, 3.63) is 64.4 Å². The summed E-state index contributed by atoms with van der Waals surface area (Å²) in [5.41, 5.74) is 7.92. The third kappa shape index (κ3) is 4.45. The van der Waals surface area contributed by atoms with E-state index in [9.17, 15) is 4.39 Å². The van der Waals surface area contributed by atoms with Crippen LogP contribution in [0.3, 0.4) is 0 Å². The summed E-state index contributed by atoms with van der Waals surface area (Å²) in [7, 11) is 0. The van der Waals surface area contributed by atoms with Gasteiger partial charge < -0.3 is 10.5 Å². The van der Waals surface area contributed by atoms with Crippen molar-refractivity contribution in [3.8, 4) is 5.75 Å². The first kappa shape index (κ1) is 15.8. The zero-order valence-corrected chi connectivity index (χ0v) is 12.7. The fourth-order valence-corrected chi connectivity index (χ4v) is 2.23. The van der Waals surface area contributed by atoms with Crippen LogP contribution in [0.4, 0.5) is 4.39 Å². The molecule has 2 aromatic carbocycles. The van der Waals surface area contributed by atoms with Crippen LogP contribution in [0.1, 0.15) is 24.5 Å². The highest BCUT2D eigenvalue weighted by atomic mass is 35.5. The maximum Gasteiger partial charge on any atom is 0.141 e. The van der Waals surface area contributed by atoms with Crippen LogP contribution >= 0.6 is 11.6 Å². The van der Waals surface area contributed by atoms with Crippen molar-refractivity contribution in [1.29, 1.82) is 0 Å². The smallest absolute Gasteiger partial charge is 0.141 e. The number of para-hydroxylation sites is 1. The second kappa shape index (κ2) is 7.43. The van der Waals surface area contributed by atoms with E-state index in [1.807, 2.05) is 24.3 Å². The molecule has 4 heteroatoms. The Morgan fingerprint density at radius 2 is 2.00 bits per heavy atom. The SMILES string of the molecule is CCC(N)Cc1ccccc1OCc1ccc(F)c(Cl)c1. The zero-order valence-electron chi connectivity index (χ0n) is 12.0. The maximum absolute atomic E-state index is 13.1. The first-order valence-corrected chi connectivity index (χ1v) is 7.38. The number of halogens is 2. The van der Waals surface area contributed by atoms with Crippen LogP contribution in [0.25, 0.3) is 0 Å². The molecular weight excluding hydrogens is 289 g/mol. The van der Waals surface area contributed by atoms with Crippen molar-refractivity contribution in [3.63, 3.8) is 0 Å². The van der Waals surface area contributed by atoms with Gasteiger partial charge >= 0.3 is 0 Å². The number of benzene rings is 2. The molecular formula is C17H19ClFNO. The van der Waals surface area contributed by atoms with Crippen molar-refractivity contribution in [2.75, 3.05) is 0 Å². The number of rotatable bonds is 6. The summed E-state index contributed by atoms with van der Waals surface area (Å²) in [5.74, 6) is 0.386. The topological polar surface area (TPSA) is 35.2 Å². The van der Waals surface area contributed by atoms with Crippen molar-refractivity contribution in [2.45, 2.75) is 32.4 Å². The molecule has 0 aromatic heterocycles. The van der Waals surface area contributed by atoms with Gasteiger partial charge in [-0.05, 0) is 42.2 Å². The largest absolute Gasteiger partial charge is 0.489 e. The summed E-state index contributed by atoms with van der Waals surface area (Å²) in [5, 5.41) is 0.109. The minimum absolute atomic E-state index is 0.109. The molecule has 2 nitrogen and oxygen atoms in total. The van der Waals surface area contributed by atoms with Crippen molar-refractivity contribution >= 4 is 11.6 Å². The highest BCUT2D eigenvalue weighted by Gasteiger charge is 2.08. The van der Waals surface area contributed by atoms with Crippen LogP contribution in [0, 0.1) is 5.82 Å². The van der Waals surface area contributed by atoms with Gasteiger partial charge in [0, 0.05) is 6.04 Å². The van der Waals surface area contributed by atoms with E-state index in [0.717, 1.165) is 29.7 Å². The Labute approximate surface area is 129 Å². The molecule has 0 amide bonds. The minimum atomic E-state index is -0.422. The number of ether oxygens (including phenoxy) is 1. The Morgan fingerprint density at radius 1 is 1.24 bits per heavy atom. The van der Waals surface area contributed by atoms with Gasteiger partial charge in [-0.1, -0.05) is 42.8 Å². The second-order valence-electron chi connectivity index (χ2n) is 5.02. The average Bonchev–Trinajstić information content (AvgIpc) is 2.49. The minimum Gasteiger partial charge on any atom is -0.489 e. The lowest BCUT2D eigenvalue weighted by atomic mass is 10.0. The zero-order chi connectivity index (χ0) is 15.2. The summed E-state index contributed by atoms with van der Waals surface area (Å²) < 4.78 is 18.9. The standard InChI is InChI=1S/C17H19ClFNO/c1-2-14(20)10-13-5-3-4-6-17(13)21-11-12-7-8-16(19)15(18)9-12/h3-9,14H,2,10-11,20H2,1H3. The molecule has 0 spiro atoms. The van der Waals surface area contributed by atoms with Crippen LogP contribution < -0.4 is 10.5 Å². The summed E-state index contributed by atoms with van der Waals surface area (Å²) in [6.45, 7) is 2.41. The fourth-order valence-electron chi connectivity index (χ4n) is 2.03. The Morgan fingerprint density at radius 3 is 2.71 bits per heavy atom. The Balaban J connectivity index is 2.07. The van der Waals surface area contributed by atoms with Crippen molar-refractivity contribution < 1.29 is 9.13 Å². The van der Waals surface area contributed by atoms with Gasteiger partial charge in [-0.15, -0.1) is 0 Å². The van der Waals surface area contributed by atoms with Gasteiger partial charge in [0.05, 0.1) is 5.02 Å². The molecule has 0 aliphatic carbocycles. The first-order valence-electron chi connectivity index (χ1n) is 7.00. The lowest BCUT2D eigenvalue weighted by Crippen LogP contribution is -2.21. The van der Waals surface area contributed by atoms with Crippen LogP contribution in [0.15, 0.2) is 42.5 Å². The lowest BCUT2D eigenvalue weighted by molar-refractivity contribution is 0.302. The fraction of sp³-hybridized carbons (Fsp3) is 0.294. The highest BCUT2D eigenvalue weighted by molar-refractivity contribution is 6.30. The number of nitrogens with two attached hydrogens (primary N) is 1. The first-order chi connectivity index (χ1) is 10.1. The van der Waals surface area contributed by atoms with Gasteiger partial charge in [-0.2, -0.15) is 0 Å². The predicted molar refractivity (Wildman–Crippen MR) is 84.2 cm³/mol. The molecule has 2 N–H and O–H groups in total. The van der Waals surface area contributed by atoms with E-state index in [2.05, 4.69) is 6.92 Å². The number of hydrogen-bond acceptors (Lipinski definition) is 2. The van der Waals surface area contributed by atoms with E-state index < -0.39 is 5.82 Å². The summed E-state index contributed by atoms with van der Waals surface area (Å²) in [6.07, 6.45) is 1.69. The molecule has 21 heavy (non-hydrogen) atoms. The van der Waals surface area contributed by atoms with E-state index in [1.54, 1.807) is 12.1 Å². The molecule has 0 radical (unpaired) electrons. The van der Waals surface area contributed by atoms with Crippen LogP contribution in [-0.4, -0.2) is 6.04 Å². The van der Waals surface area contributed by atoms with Crippen LogP contribution in [-0.2, 0) is 13.0 Å². The Hall–Kier alpha value is -1.58. The van der Waals surface area contributed by atoms with E-state index in [-0.39, 0.29) is 11.1 Å². The van der Waals surface area contributed by atoms with E-state index in [0.29, 0.717) is 6.61 Å². The third-order valence-electron chi connectivity index (χ3n) is 3.36. The molecule has 0 saturated carbocycles. The normalized spacial score (nSPS) is 12.2. The average molecular weight is 308 g/mol. The van der Waals surface area contributed by atoms with Gasteiger partial charge in [0.15, 0.2) is 0 Å². The van der Waals surface area contributed by atoms with Gasteiger partial charge in [0.25, 0.3) is 0 Å². The molecule has 0 aliphatic rings. The summed E-state index contributed by atoms with van der Waals surface area (Å²) >= 11 is 5.77. The maximum atomic E-state index is 13.1. The molecule has 1 unspecified atom stereocenters. The third-order valence-corrected chi connectivity index (χ3v) is 3.65. The van der Waals surface area contributed by atoms with Gasteiger partial charge in [-0.3, -0.25) is 0 Å². The molecule has 0 aliphatic heterocycles. The molecule has 0 heterocycles.